The molecular weight excluding hydrogens is 320 g/mol. The molecule has 4 rings (SSSR count). The summed E-state index contributed by atoms with van der Waals surface area (Å²) in [5.41, 5.74) is 1.39. The van der Waals surface area contributed by atoms with E-state index < -0.39 is 5.60 Å². The van der Waals surface area contributed by atoms with Crippen LogP contribution < -0.4 is 0 Å². The molecule has 4 saturated carbocycles. The Labute approximate surface area is 160 Å². The van der Waals surface area contributed by atoms with Crippen LogP contribution in [0.15, 0.2) is 12.2 Å². The van der Waals surface area contributed by atoms with Gasteiger partial charge in [0.15, 0.2) is 0 Å². The van der Waals surface area contributed by atoms with E-state index in [1.807, 2.05) is 0 Å². The van der Waals surface area contributed by atoms with Crippen LogP contribution in [0.3, 0.4) is 0 Å². The van der Waals surface area contributed by atoms with Crippen LogP contribution >= 0.6 is 0 Å². The van der Waals surface area contributed by atoms with Gasteiger partial charge in [-0.3, -0.25) is 0 Å². The van der Waals surface area contributed by atoms with Crippen molar-refractivity contribution in [3.05, 3.63) is 12.2 Å². The number of hydrogen-bond donors (Lipinski definition) is 1. The van der Waals surface area contributed by atoms with Gasteiger partial charge < -0.3 is 9.84 Å². The molecule has 4 fully saturated rings. The number of methoxy groups -OCH3 is 1. The van der Waals surface area contributed by atoms with Gasteiger partial charge in [-0.2, -0.15) is 0 Å². The standard InChI is InChI=1S/C24H40O2/c1-16(2)21-6-5-7-22-20-9-8-17-14-24(25,15-26-4)13-11-18(17)19(20)10-12-23(21,22)3/h17-22,25H,1,5-15H2,2-4H3/t17-,18+,19-,20-,21-,22+,23-,24-/m1/s1. The molecule has 4 aliphatic rings. The molecule has 26 heavy (non-hydrogen) atoms. The molecule has 0 aromatic rings. The van der Waals surface area contributed by atoms with Crippen molar-refractivity contribution in [1.82, 2.24) is 0 Å². The van der Waals surface area contributed by atoms with E-state index in [0.29, 0.717) is 12.0 Å². The minimum Gasteiger partial charge on any atom is -0.387 e. The lowest BCUT2D eigenvalue weighted by molar-refractivity contribution is -0.137. The summed E-state index contributed by atoms with van der Waals surface area (Å²) in [5, 5.41) is 10.9. The molecule has 0 radical (unpaired) electrons. The van der Waals surface area contributed by atoms with E-state index in [9.17, 15) is 5.11 Å². The molecule has 148 valence electrons. The van der Waals surface area contributed by atoms with Gasteiger partial charge in [0.25, 0.3) is 0 Å². The first kappa shape index (κ1) is 19.0. The fourth-order valence-electron chi connectivity index (χ4n) is 8.37. The lowest BCUT2D eigenvalue weighted by atomic mass is 9.44. The van der Waals surface area contributed by atoms with Crippen molar-refractivity contribution in [2.24, 2.45) is 40.9 Å². The Morgan fingerprint density at radius 1 is 1.04 bits per heavy atom. The Kier molecular flexibility index (Phi) is 5.06. The third kappa shape index (κ3) is 3.00. The fourth-order valence-corrected chi connectivity index (χ4v) is 8.37. The molecule has 2 heteroatoms. The summed E-state index contributed by atoms with van der Waals surface area (Å²) in [6.07, 6.45) is 12.9. The topological polar surface area (TPSA) is 29.5 Å². The van der Waals surface area contributed by atoms with Crippen molar-refractivity contribution < 1.29 is 9.84 Å². The third-order valence-electron chi connectivity index (χ3n) is 9.35. The van der Waals surface area contributed by atoms with E-state index in [1.54, 1.807) is 7.11 Å². The molecule has 0 aromatic carbocycles. The average molecular weight is 361 g/mol. The van der Waals surface area contributed by atoms with Crippen LogP contribution in [-0.4, -0.2) is 24.4 Å². The molecule has 1 N–H and O–H groups in total. The van der Waals surface area contributed by atoms with Crippen molar-refractivity contribution in [2.45, 2.75) is 83.7 Å². The first-order valence-electron chi connectivity index (χ1n) is 11.2. The van der Waals surface area contributed by atoms with Crippen LogP contribution in [0.5, 0.6) is 0 Å². The molecule has 0 saturated heterocycles. The van der Waals surface area contributed by atoms with E-state index >= 15 is 0 Å². The van der Waals surface area contributed by atoms with Crippen molar-refractivity contribution >= 4 is 0 Å². The van der Waals surface area contributed by atoms with Crippen molar-refractivity contribution in [3.63, 3.8) is 0 Å². The molecule has 2 nitrogen and oxygen atoms in total. The maximum atomic E-state index is 10.9. The van der Waals surface area contributed by atoms with E-state index in [0.717, 1.165) is 48.3 Å². The lowest BCUT2D eigenvalue weighted by Crippen LogP contribution is -2.54. The second-order valence-corrected chi connectivity index (χ2v) is 10.7. The van der Waals surface area contributed by atoms with Gasteiger partial charge in [-0.05, 0) is 106 Å². The summed E-state index contributed by atoms with van der Waals surface area (Å²) in [7, 11) is 1.73. The predicted molar refractivity (Wildman–Crippen MR) is 107 cm³/mol. The van der Waals surface area contributed by atoms with Gasteiger partial charge in [-0.1, -0.05) is 25.5 Å². The highest BCUT2D eigenvalue weighted by molar-refractivity contribution is 5.12. The molecule has 0 amide bonds. The largest absolute Gasteiger partial charge is 0.387 e. The number of allylic oxidation sites excluding steroid dienone is 1. The zero-order valence-corrected chi connectivity index (χ0v) is 17.3. The number of rotatable bonds is 3. The van der Waals surface area contributed by atoms with E-state index in [2.05, 4.69) is 20.4 Å². The monoisotopic (exact) mass is 360 g/mol. The summed E-state index contributed by atoms with van der Waals surface area (Å²) >= 11 is 0. The number of hydrogen-bond acceptors (Lipinski definition) is 2. The summed E-state index contributed by atoms with van der Waals surface area (Å²) < 4.78 is 5.33. The molecule has 0 aliphatic heterocycles. The molecule has 0 heterocycles. The van der Waals surface area contributed by atoms with Gasteiger partial charge in [-0.25, -0.2) is 0 Å². The van der Waals surface area contributed by atoms with Gasteiger partial charge in [0.05, 0.1) is 12.2 Å². The van der Waals surface area contributed by atoms with Gasteiger partial charge in [0.1, 0.15) is 0 Å². The summed E-state index contributed by atoms with van der Waals surface area (Å²) in [4.78, 5) is 0. The molecular formula is C24H40O2. The molecule has 0 bridgehead atoms. The first-order chi connectivity index (χ1) is 12.4. The third-order valence-corrected chi connectivity index (χ3v) is 9.35. The Morgan fingerprint density at radius 2 is 1.81 bits per heavy atom. The highest BCUT2D eigenvalue weighted by Gasteiger charge is 2.56. The zero-order valence-electron chi connectivity index (χ0n) is 17.3. The quantitative estimate of drug-likeness (QED) is 0.664. The Bertz CT molecular complexity index is 542. The predicted octanol–water partition coefficient (Wildman–Crippen LogP) is 5.60. The lowest BCUT2D eigenvalue weighted by Gasteiger charge is -2.61. The number of ether oxygens (including phenoxy) is 1. The normalized spacial score (nSPS) is 51.1. The van der Waals surface area contributed by atoms with E-state index in [1.165, 1.54) is 56.9 Å². The maximum Gasteiger partial charge on any atom is 0.0882 e. The Hall–Kier alpha value is -0.340. The van der Waals surface area contributed by atoms with Crippen LogP contribution in [0.4, 0.5) is 0 Å². The van der Waals surface area contributed by atoms with Crippen molar-refractivity contribution in [2.75, 3.05) is 13.7 Å². The SMILES string of the molecule is C=C(C)[C@H]1CCC[C@H]2[C@@H]3CC[C@@H]4C[C@@](O)(COC)CC[C@@H]4[C@H]3CC[C@]12C. The minimum atomic E-state index is -0.554. The van der Waals surface area contributed by atoms with Gasteiger partial charge in [-0.15, -0.1) is 0 Å². The summed E-state index contributed by atoms with van der Waals surface area (Å²) in [6, 6.07) is 0. The minimum absolute atomic E-state index is 0.504. The smallest absolute Gasteiger partial charge is 0.0882 e. The molecule has 0 spiro atoms. The first-order valence-corrected chi connectivity index (χ1v) is 11.2. The molecule has 8 atom stereocenters. The average Bonchev–Trinajstić information content (AvgIpc) is 2.59. The van der Waals surface area contributed by atoms with Crippen LogP contribution in [0, 0.1) is 40.9 Å². The number of aliphatic hydroxyl groups is 1. The maximum absolute atomic E-state index is 10.9. The van der Waals surface area contributed by atoms with Gasteiger partial charge in [0, 0.05) is 7.11 Å². The van der Waals surface area contributed by atoms with Crippen LogP contribution in [-0.2, 0) is 4.74 Å². The van der Waals surface area contributed by atoms with Crippen molar-refractivity contribution in [3.8, 4) is 0 Å². The zero-order chi connectivity index (χ0) is 18.5. The summed E-state index contributed by atoms with van der Waals surface area (Å²) in [5.74, 6) is 5.11. The highest BCUT2D eigenvalue weighted by atomic mass is 16.5. The van der Waals surface area contributed by atoms with Crippen molar-refractivity contribution in [1.29, 1.82) is 0 Å². The molecule has 4 aliphatic carbocycles. The van der Waals surface area contributed by atoms with Crippen LogP contribution in [0.2, 0.25) is 0 Å². The number of fused-ring (bicyclic) bond motifs is 5. The van der Waals surface area contributed by atoms with Gasteiger partial charge in [0.2, 0.25) is 0 Å². The molecule has 0 unspecified atom stereocenters. The Morgan fingerprint density at radius 3 is 2.54 bits per heavy atom. The van der Waals surface area contributed by atoms with Crippen LogP contribution in [0.25, 0.3) is 0 Å². The van der Waals surface area contributed by atoms with Crippen LogP contribution in [0.1, 0.15) is 78.1 Å². The second kappa shape index (κ2) is 6.92. The van der Waals surface area contributed by atoms with E-state index in [4.69, 9.17) is 4.74 Å². The summed E-state index contributed by atoms with van der Waals surface area (Å²) in [6.45, 7) is 9.78. The van der Waals surface area contributed by atoms with Gasteiger partial charge >= 0.3 is 0 Å². The Balaban J connectivity index is 1.52. The second-order valence-electron chi connectivity index (χ2n) is 10.7. The fraction of sp³-hybridized carbons (Fsp3) is 0.917. The highest BCUT2D eigenvalue weighted by Crippen LogP contribution is 2.64. The molecule has 0 aromatic heterocycles. The van der Waals surface area contributed by atoms with E-state index in [-0.39, 0.29) is 0 Å².